The van der Waals surface area contributed by atoms with E-state index in [1.54, 1.807) is 0 Å². The molecule has 0 bridgehead atoms. The molecule has 1 saturated carbocycles. The van der Waals surface area contributed by atoms with E-state index < -0.39 is 0 Å². The Morgan fingerprint density at radius 2 is 1.40 bits per heavy atom. The number of rotatable bonds is 12. The molecule has 120 valence electrons. The second kappa shape index (κ2) is 12.7. The molecule has 1 nitrogen and oxygen atoms in total. The molecule has 0 aromatic heterocycles. The summed E-state index contributed by atoms with van der Waals surface area (Å²) in [6, 6.07) is 0.831. The number of hydrogen-bond acceptors (Lipinski definition) is 1. The van der Waals surface area contributed by atoms with E-state index in [1.165, 1.54) is 96.4 Å². The third kappa shape index (κ3) is 9.80. The molecule has 0 radical (unpaired) electrons. The zero-order valence-electron chi connectivity index (χ0n) is 14.3. The average Bonchev–Trinajstić information content (AvgIpc) is 2.45. The number of unbranched alkanes of at least 4 members (excludes halogenated alkanes) is 9. The first-order chi connectivity index (χ1) is 9.83. The lowest BCUT2D eigenvalue weighted by Gasteiger charge is -2.27. The second-order valence-electron chi connectivity index (χ2n) is 7.10. The number of hydrogen-bond donors (Lipinski definition) is 1. The molecular formula is C19H39N. The maximum absolute atomic E-state index is 3.78. The standard InChI is InChI=1S/C19H39N/c1-3-4-5-6-7-8-9-10-11-12-16-20-19-15-13-14-18(2)17-19/h18-20H,3-17H2,1-2H3. The van der Waals surface area contributed by atoms with E-state index in [0.717, 1.165) is 12.0 Å². The summed E-state index contributed by atoms with van der Waals surface area (Å²) in [6.45, 7) is 5.96. The van der Waals surface area contributed by atoms with Gasteiger partial charge in [-0.1, -0.05) is 84.5 Å². The van der Waals surface area contributed by atoms with Gasteiger partial charge in [-0.05, 0) is 31.7 Å². The van der Waals surface area contributed by atoms with Gasteiger partial charge in [-0.2, -0.15) is 0 Å². The van der Waals surface area contributed by atoms with Crippen LogP contribution in [-0.4, -0.2) is 12.6 Å². The Balaban J connectivity index is 1.76. The highest BCUT2D eigenvalue weighted by molar-refractivity contribution is 4.75. The van der Waals surface area contributed by atoms with E-state index in [-0.39, 0.29) is 0 Å². The summed E-state index contributed by atoms with van der Waals surface area (Å²) in [7, 11) is 0. The van der Waals surface area contributed by atoms with Crippen molar-refractivity contribution in [1.29, 1.82) is 0 Å². The van der Waals surface area contributed by atoms with Crippen molar-refractivity contribution in [3.05, 3.63) is 0 Å². The summed E-state index contributed by atoms with van der Waals surface area (Å²) in [6.07, 6.45) is 20.1. The fourth-order valence-electron chi connectivity index (χ4n) is 3.54. The first-order valence-corrected chi connectivity index (χ1v) is 9.56. The molecule has 1 fully saturated rings. The van der Waals surface area contributed by atoms with Crippen molar-refractivity contribution in [2.75, 3.05) is 6.54 Å². The maximum Gasteiger partial charge on any atom is 0.00696 e. The van der Waals surface area contributed by atoms with Gasteiger partial charge in [0.05, 0.1) is 0 Å². The molecule has 0 aromatic rings. The topological polar surface area (TPSA) is 12.0 Å². The SMILES string of the molecule is CCCCCCCCCCCCNC1CCCC(C)C1. The molecule has 0 heterocycles. The van der Waals surface area contributed by atoms with E-state index in [2.05, 4.69) is 19.2 Å². The molecule has 0 aromatic carbocycles. The van der Waals surface area contributed by atoms with Gasteiger partial charge in [-0.3, -0.25) is 0 Å². The van der Waals surface area contributed by atoms with E-state index in [1.807, 2.05) is 0 Å². The summed E-state index contributed by atoms with van der Waals surface area (Å²) in [5.41, 5.74) is 0. The van der Waals surface area contributed by atoms with Crippen LogP contribution >= 0.6 is 0 Å². The highest BCUT2D eigenvalue weighted by Crippen LogP contribution is 2.23. The van der Waals surface area contributed by atoms with Crippen LogP contribution in [0, 0.1) is 5.92 Å². The molecule has 0 amide bonds. The van der Waals surface area contributed by atoms with Crippen molar-refractivity contribution in [3.8, 4) is 0 Å². The van der Waals surface area contributed by atoms with Crippen LogP contribution in [0.4, 0.5) is 0 Å². The lowest BCUT2D eigenvalue weighted by molar-refractivity contribution is 0.300. The van der Waals surface area contributed by atoms with Crippen molar-refractivity contribution in [2.45, 2.75) is 110 Å². The van der Waals surface area contributed by atoms with Crippen LogP contribution in [0.1, 0.15) is 104 Å². The summed E-state index contributed by atoms with van der Waals surface area (Å²) in [5, 5.41) is 3.78. The van der Waals surface area contributed by atoms with E-state index >= 15 is 0 Å². The molecule has 2 unspecified atom stereocenters. The fourth-order valence-corrected chi connectivity index (χ4v) is 3.54. The highest BCUT2D eigenvalue weighted by Gasteiger charge is 2.17. The van der Waals surface area contributed by atoms with Crippen molar-refractivity contribution < 1.29 is 0 Å². The molecule has 1 N–H and O–H groups in total. The third-order valence-corrected chi connectivity index (χ3v) is 4.90. The smallest absolute Gasteiger partial charge is 0.00696 e. The van der Waals surface area contributed by atoms with Crippen LogP contribution in [0.3, 0.4) is 0 Å². The minimum absolute atomic E-state index is 0.831. The van der Waals surface area contributed by atoms with Crippen molar-refractivity contribution >= 4 is 0 Å². The van der Waals surface area contributed by atoms with Crippen molar-refractivity contribution in [3.63, 3.8) is 0 Å². The van der Waals surface area contributed by atoms with E-state index in [9.17, 15) is 0 Å². The normalized spacial score (nSPS) is 23.1. The van der Waals surface area contributed by atoms with Crippen LogP contribution in [0.2, 0.25) is 0 Å². The first-order valence-electron chi connectivity index (χ1n) is 9.56. The minimum atomic E-state index is 0.831. The summed E-state index contributed by atoms with van der Waals surface area (Å²) in [4.78, 5) is 0. The molecule has 1 heteroatoms. The Kier molecular flexibility index (Phi) is 11.4. The van der Waals surface area contributed by atoms with Crippen LogP contribution in [0.25, 0.3) is 0 Å². The molecule has 1 aliphatic rings. The molecule has 20 heavy (non-hydrogen) atoms. The Morgan fingerprint density at radius 1 is 0.800 bits per heavy atom. The first kappa shape index (κ1) is 18.0. The van der Waals surface area contributed by atoms with Crippen LogP contribution in [-0.2, 0) is 0 Å². The third-order valence-electron chi connectivity index (χ3n) is 4.90. The van der Waals surface area contributed by atoms with Crippen LogP contribution < -0.4 is 5.32 Å². The van der Waals surface area contributed by atoms with Gasteiger partial charge >= 0.3 is 0 Å². The molecule has 0 aliphatic heterocycles. The van der Waals surface area contributed by atoms with Gasteiger partial charge in [0, 0.05) is 6.04 Å². The van der Waals surface area contributed by atoms with Gasteiger partial charge in [0.2, 0.25) is 0 Å². The molecule has 0 spiro atoms. The molecule has 1 rings (SSSR count). The lowest BCUT2D eigenvalue weighted by Crippen LogP contribution is -2.34. The molecular weight excluding hydrogens is 242 g/mol. The Labute approximate surface area is 128 Å². The van der Waals surface area contributed by atoms with E-state index in [4.69, 9.17) is 0 Å². The van der Waals surface area contributed by atoms with Gasteiger partial charge in [0.1, 0.15) is 0 Å². The molecule has 2 atom stereocenters. The Hall–Kier alpha value is -0.0400. The Morgan fingerprint density at radius 3 is 2.00 bits per heavy atom. The summed E-state index contributed by atoms with van der Waals surface area (Å²) < 4.78 is 0. The zero-order chi connectivity index (χ0) is 14.5. The van der Waals surface area contributed by atoms with Crippen LogP contribution in [0.5, 0.6) is 0 Å². The van der Waals surface area contributed by atoms with Gasteiger partial charge in [-0.15, -0.1) is 0 Å². The average molecular weight is 282 g/mol. The largest absolute Gasteiger partial charge is 0.314 e. The van der Waals surface area contributed by atoms with Crippen LogP contribution in [0.15, 0.2) is 0 Å². The predicted octanol–water partition coefficient (Wildman–Crippen LogP) is 6.08. The van der Waals surface area contributed by atoms with E-state index in [0.29, 0.717) is 0 Å². The fraction of sp³-hybridized carbons (Fsp3) is 1.00. The minimum Gasteiger partial charge on any atom is -0.314 e. The Bertz CT molecular complexity index is 202. The molecule has 0 saturated heterocycles. The monoisotopic (exact) mass is 281 g/mol. The van der Waals surface area contributed by atoms with Crippen molar-refractivity contribution in [2.24, 2.45) is 5.92 Å². The van der Waals surface area contributed by atoms with Gasteiger partial charge in [0.25, 0.3) is 0 Å². The van der Waals surface area contributed by atoms with Crippen molar-refractivity contribution in [1.82, 2.24) is 5.32 Å². The van der Waals surface area contributed by atoms with Gasteiger partial charge < -0.3 is 5.32 Å². The predicted molar refractivity (Wildman–Crippen MR) is 91.3 cm³/mol. The zero-order valence-corrected chi connectivity index (χ0v) is 14.3. The highest BCUT2D eigenvalue weighted by atomic mass is 14.9. The maximum atomic E-state index is 3.78. The van der Waals surface area contributed by atoms with Gasteiger partial charge in [0.15, 0.2) is 0 Å². The lowest BCUT2D eigenvalue weighted by atomic mass is 9.87. The molecule has 1 aliphatic carbocycles. The summed E-state index contributed by atoms with van der Waals surface area (Å²) in [5.74, 6) is 0.953. The second-order valence-corrected chi connectivity index (χ2v) is 7.10. The summed E-state index contributed by atoms with van der Waals surface area (Å²) >= 11 is 0. The van der Waals surface area contributed by atoms with Gasteiger partial charge in [-0.25, -0.2) is 0 Å². The number of nitrogens with one attached hydrogen (secondary N) is 1. The quantitative estimate of drug-likeness (QED) is 0.428.